The van der Waals surface area contributed by atoms with E-state index in [9.17, 15) is 4.79 Å². The van der Waals surface area contributed by atoms with Crippen LogP contribution in [-0.2, 0) is 6.42 Å². The highest BCUT2D eigenvalue weighted by Gasteiger charge is 2.11. The lowest BCUT2D eigenvalue weighted by molar-refractivity contribution is 0.0977. The van der Waals surface area contributed by atoms with Gasteiger partial charge in [-0.05, 0) is 85.7 Å². The minimum Gasteiger partial charge on any atom is -0.494 e. The number of aromatic nitrogens is 1. The molecule has 32 heavy (non-hydrogen) atoms. The Morgan fingerprint density at radius 3 is 2.62 bits per heavy atom. The predicted octanol–water partition coefficient (Wildman–Crippen LogP) is 5.58. The standard InChI is InChI=1S/C25H23N3O3S/c1-3-16-8-13-22-21(14-16)27-24(31-22)17-9-11-19(12-10-17)26-25(32)28-23(29)18-6-5-7-20(15-18)30-4-2/h5-15H,3-4H2,1-2H3,(H2,26,28,29,32). The van der Waals surface area contributed by atoms with Crippen molar-refractivity contribution in [1.29, 1.82) is 0 Å². The Bertz CT molecular complexity index is 1270. The Morgan fingerprint density at radius 1 is 1.06 bits per heavy atom. The molecule has 2 N–H and O–H groups in total. The lowest BCUT2D eigenvalue weighted by Crippen LogP contribution is -2.34. The maximum atomic E-state index is 12.5. The van der Waals surface area contributed by atoms with Gasteiger partial charge in [-0.15, -0.1) is 0 Å². The van der Waals surface area contributed by atoms with E-state index in [1.807, 2.05) is 49.4 Å². The number of amides is 1. The van der Waals surface area contributed by atoms with Crippen molar-refractivity contribution in [2.24, 2.45) is 0 Å². The van der Waals surface area contributed by atoms with Crippen LogP contribution in [0.25, 0.3) is 22.6 Å². The van der Waals surface area contributed by atoms with Crippen LogP contribution in [0.3, 0.4) is 0 Å². The van der Waals surface area contributed by atoms with Gasteiger partial charge in [-0.25, -0.2) is 4.98 Å². The third-order valence-electron chi connectivity index (χ3n) is 4.88. The summed E-state index contributed by atoms with van der Waals surface area (Å²) in [5, 5.41) is 5.91. The topological polar surface area (TPSA) is 76.4 Å². The molecule has 1 aromatic heterocycles. The van der Waals surface area contributed by atoms with Crippen LogP contribution in [0.15, 0.2) is 71.1 Å². The Labute approximate surface area is 191 Å². The average Bonchev–Trinajstić information content (AvgIpc) is 3.23. The molecule has 4 aromatic rings. The molecule has 0 spiro atoms. The first kappa shape index (κ1) is 21.5. The minimum atomic E-state index is -0.307. The third-order valence-corrected chi connectivity index (χ3v) is 5.09. The quantitative estimate of drug-likeness (QED) is 0.377. The number of hydrogen-bond donors (Lipinski definition) is 2. The summed E-state index contributed by atoms with van der Waals surface area (Å²) < 4.78 is 11.3. The van der Waals surface area contributed by atoms with E-state index in [1.54, 1.807) is 24.3 Å². The zero-order chi connectivity index (χ0) is 22.5. The van der Waals surface area contributed by atoms with E-state index in [-0.39, 0.29) is 11.0 Å². The molecule has 4 rings (SSSR count). The van der Waals surface area contributed by atoms with Gasteiger partial charge in [0, 0.05) is 16.8 Å². The number of anilines is 1. The van der Waals surface area contributed by atoms with Crippen LogP contribution in [0.2, 0.25) is 0 Å². The summed E-state index contributed by atoms with van der Waals surface area (Å²) >= 11 is 5.28. The van der Waals surface area contributed by atoms with Crippen molar-refractivity contribution >= 4 is 40.0 Å². The van der Waals surface area contributed by atoms with E-state index in [0.29, 0.717) is 23.8 Å². The SMILES string of the molecule is CCOc1cccc(C(=O)NC(=S)Nc2ccc(-c3nc4cc(CC)ccc4o3)cc2)c1. The fourth-order valence-corrected chi connectivity index (χ4v) is 3.45. The van der Waals surface area contributed by atoms with Gasteiger partial charge in [0.1, 0.15) is 11.3 Å². The molecule has 0 aliphatic rings. The van der Waals surface area contributed by atoms with E-state index < -0.39 is 0 Å². The molecule has 0 aliphatic carbocycles. The van der Waals surface area contributed by atoms with E-state index in [2.05, 4.69) is 22.5 Å². The summed E-state index contributed by atoms with van der Waals surface area (Å²) in [5.41, 5.74) is 4.89. The van der Waals surface area contributed by atoms with Crippen molar-refractivity contribution in [3.05, 3.63) is 77.9 Å². The number of nitrogens with zero attached hydrogens (tertiary/aromatic N) is 1. The van der Waals surface area contributed by atoms with Crippen molar-refractivity contribution in [2.75, 3.05) is 11.9 Å². The van der Waals surface area contributed by atoms with Gasteiger partial charge >= 0.3 is 0 Å². The molecule has 0 bridgehead atoms. The fraction of sp³-hybridized carbons (Fsp3) is 0.160. The smallest absolute Gasteiger partial charge is 0.257 e. The van der Waals surface area contributed by atoms with Gasteiger partial charge in [0.2, 0.25) is 5.89 Å². The van der Waals surface area contributed by atoms with Crippen molar-refractivity contribution in [1.82, 2.24) is 10.3 Å². The maximum Gasteiger partial charge on any atom is 0.257 e. The van der Waals surface area contributed by atoms with E-state index in [0.717, 1.165) is 28.8 Å². The Balaban J connectivity index is 1.40. The molecule has 0 unspecified atom stereocenters. The number of carbonyl (C=O) groups excluding carboxylic acids is 1. The first-order valence-electron chi connectivity index (χ1n) is 10.4. The number of benzene rings is 3. The average molecular weight is 446 g/mol. The van der Waals surface area contributed by atoms with Crippen molar-refractivity contribution in [2.45, 2.75) is 20.3 Å². The van der Waals surface area contributed by atoms with E-state index in [4.69, 9.17) is 21.4 Å². The molecular weight excluding hydrogens is 422 g/mol. The number of thiocarbonyl (C=S) groups is 1. The summed E-state index contributed by atoms with van der Waals surface area (Å²) in [6.07, 6.45) is 0.951. The highest BCUT2D eigenvalue weighted by molar-refractivity contribution is 7.80. The molecule has 0 atom stereocenters. The highest BCUT2D eigenvalue weighted by atomic mass is 32.1. The molecule has 1 heterocycles. The molecule has 1 amide bonds. The second-order valence-corrected chi connectivity index (χ2v) is 7.53. The Morgan fingerprint density at radius 2 is 1.88 bits per heavy atom. The van der Waals surface area contributed by atoms with Crippen molar-refractivity contribution in [3.8, 4) is 17.2 Å². The number of nitrogens with one attached hydrogen (secondary N) is 2. The van der Waals surface area contributed by atoms with Gasteiger partial charge in [0.15, 0.2) is 10.7 Å². The van der Waals surface area contributed by atoms with Crippen molar-refractivity contribution in [3.63, 3.8) is 0 Å². The Hall–Kier alpha value is -3.71. The van der Waals surface area contributed by atoms with E-state index in [1.165, 1.54) is 5.56 Å². The number of carbonyl (C=O) groups is 1. The number of fused-ring (bicyclic) bond motifs is 1. The Kier molecular flexibility index (Phi) is 6.47. The molecule has 0 saturated heterocycles. The summed E-state index contributed by atoms with van der Waals surface area (Å²) in [6, 6.07) is 20.5. The summed E-state index contributed by atoms with van der Waals surface area (Å²) in [7, 11) is 0. The maximum absolute atomic E-state index is 12.5. The minimum absolute atomic E-state index is 0.207. The van der Waals surface area contributed by atoms with Crippen LogP contribution >= 0.6 is 12.2 Å². The fourth-order valence-electron chi connectivity index (χ4n) is 3.24. The molecule has 7 heteroatoms. The summed E-state index contributed by atoms with van der Waals surface area (Å²) in [4.78, 5) is 17.1. The summed E-state index contributed by atoms with van der Waals surface area (Å²) in [5.74, 6) is 0.892. The van der Waals surface area contributed by atoms with Gasteiger partial charge < -0.3 is 14.5 Å². The zero-order valence-corrected chi connectivity index (χ0v) is 18.7. The number of aryl methyl sites for hydroxylation is 1. The number of hydrogen-bond acceptors (Lipinski definition) is 5. The van der Waals surface area contributed by atoms with Crippen LogP contribution in [0, 0.1) is 0 Å². The molecule has 0 saturated carbocycles. The van der Waals surface area contributed by atoms with E-state index >= 15 is 0 Å². The second-order valence-electron chi connectivity index (χ2n) is 7.12. The molecule has 6 nitrogen and oxygen atoms in total. The van der Waals surface area contributed by atoms with Gasteiger partial charge in [-0.3, -0.25) is 10.1 Å². The van der Waals surface area contributed by atoms with Crippen LogP contribution in [0.5, 0.6) is 5.75 Å². The highest BCUT2D eigenvalue weighted by Crippen LogP contribution is 2.26. The summed E-state index contributed by atoms with van der Waals surface area (Å²) in [6.45, 7) is 4.53. The lowest BCUT2D eigenvalue weighted by atomic mass is 10.1. The van der Waals surface area contributed by atoms with Gasteiger partial charge in [0.05, 0.1) is 6.61 Å². The number of oxazole rings is 1. The predicted molar refractivity (Wildman–Crippen MR) is 130 cm³/mol. The molecule has 0 aliphatic heterocycles. The molecule has 3 aromatic carbocycles. The van der Waals surface area contributed by atoms with Crippen LogP contribution in [-0.4, -0.2) is 22.6 Å². The van der Waals surface area contributed by atoms with Crippen LogP contribution < -0.4 is 15.4 Å². The molecule has 0 fully saturated rings. The van der Waals surface area contributed by atoms with Crippen molar-refractivity contribution < 1.29 is 13.9 Å². The molecule has 162 valence electrons. The number of rotatable bonds is 6. The van der Waals surface area contributed by atoms with Gasteiger partial charge in [-0.1, -0.05) is 19.1 Å². The second kappa shape index (κ2) is 9.62. The monoisotopic (exact) mass is 445 g/mol. The largest absolute Gasteiger partial charge is 0.494 e. The number of ether oxygens (including phenoxy) is 1. The lowest BCUT2D eigenvalue weighted by Gasteiger charge is -2.10. The molecular formula is C25H23N3O3S. The van der Waals surface area contributed by atoms with Crippen LogP contribution in [0.4, 0.5) is 5.69 Å². The van der Waals surface area contributed by atoms with Gasteiger partial charge in [-0.2, -0.15) is 0 Å². The normalized spacial score (nSPS) is 10.7. The van der Waals surface area contributed by atoms with Gasteiger partial charge in [0.25, 0.3) is 5.91 Å². The molecule has 0 radical (unpaired) electrons. The first-order valence-corrected chi connectivity index (χ1v) is 10.8. The third kappa shape index (κ3) is 4.95. The van der Waals surface area contributed by atoms with Crippen LogP contribution in [0.1, 0.15) is 29.8 Å². The zero-order valence-electron chi connectivity index (χ0n) is 17.8. The first-order chi connectivity index (χ1) is 15.6.